The van der Waals surface area contributed by atoms with Crippen molar-refractivity contribution in [1.29, 1.82) is 0 Å². The first kappa shape index (κ1) is 23.3. The lowest BCUT2D eigenvalue weighted by molar-refractivity contribution is -0.156. The number of urea groups is 1. The van der Waals surface area contributed by atoms with Gasteiger partial charge < -0.3 is 15.4 Å². The quantitative estimate of drug-likeness (QED) is 0.423. The second-order valence-corrected chi connectivity index (χ2v) is 6.41. The highest BCUT2D eigenvalue weighted by Gasteiger charge is 2.26. The number of benzene rings is 2. The molecule has 3 N–H and O–H groups in total. The van der Waals surface area contributed by atoms with Gasteiger partial charge >= 0.3 is 12.0 Å². The van der Waals surface area contributed by atoms with Crippen LogP contribution in [0.1, 0.15) is 30.6 Å². The van der Waals surface area contributed by atoms with E-state index in [1.54, 1.807) is 43.3 Å². The molecule has 4 amide bonds. The summed E-state index contributed by atoms with van der Waals surface area (Å²) in [6.45, 7) is 2.09. The molecule has 0 aliphatic heterocycles. The van der Waals surface area contributed by atoms with E-state index in [-0.39, 0.29) is 18.9 Å². The van der Waals surface area contributed by atoms with Crippen molar-refractivity contribution in [2.45, 2.75) is 19.4 Å². The van der Waals surface area contributed by atoms with Crippen molar-refractivity contribution < 1.29 is 23.9 Å². The number of ether oxygens (including phenoxy) is 1. The smallest absolute Gasteiger partial charge is 0.321 e. The van der Waals surface area contributed by atoms with Gasteiger partial charge in [0.05, 0.1) is 6.42 Å². The zero-order chi connectivity index (χ0) is 22.5. The van der Waals surface area contributed by atoms with Crippen molar-refractivity contribution in [1.82, 2.24) is 16.0 Å². The second-order valence-electron chi connectivity index (χ2n) is 6.41. The molecule has 1 atom stereocenters. The number of rotatable bonds is 9. The highest BCUT2D eigenvalue weighted by Crippen LogP contribution is 2.18. The molecular weight excluding hydrogens is 398 g/mol. The predicted molar refractivity (Wildman–Crippen MR) is 116 cm³/mol. The summed E-state index contributed by atoms with van der Waals surface area (Å²) in [5.41, 5.74) is 1.30. The van der Waals surface area contributed by atoms with Crippen molar-refractivity contribution in [3.63, 3.8) is 0 Å². The summed E-state index contributed by atoms with van der Waals surface area (Å²) in [5.74, 6) is -1.81. The van der Waals surface area contributed by atoms with Gasteiger partial charge in [0.1, 0.15) is 0 Å². The number of esters is 1. The van der Waals surface area contributed by atoms with Gasteiger partial charge in [0.25, 0.3) is 5.91 Å². The van der Waals surface area contributed by atoms with Crippen molar-refractivity contribution in [3.8, 4) is 0 Å². The maximum absolute atomic E-state index is 12.4. The average molecular weight is 423 g/mol. The first-order valence-corrected chi connectivity index (χ1v) is 9.83. The molecule has 2 rings (SSSR count). The van der Waals surface area contributed by atoms with E-state index in [0.717, 1.165) is 5.56 Å². The summed E-state index contributed by atoms with van der Waals surface area (Å²) in [7, 11) is 0. The minimum atomic E-state index is -1.29. The molecule has 0 aromatic heterocycles. The van der Waals surface area contributed by atoms with Crippen LogP contribution in [0.25, 0.3) is 6.08 Å². The zero-order valence-electron chi connectivity index (χ0n) is 17.2. The van der Waals surface area contributed by atoms with Gasteiger partial charge in [0, 0.05) is 24.7 Å². The Hall–Kier alpha value is -3.94. The Bertz CT molecular complexity index is 913. The van der Waals surface area contributed by atoms with Crippen LogP contribution in [-0.2, 0) is 19.1 Å². The Kier molecular flexibility index (Phi) is 9.48. The standard InChI is InChI=1S/C23H25N3O5/c1-2-24-23(30)26-22(29)21(18-11-7-4-8-12-18)31-20(28)15-16-25-19(27)14-13-17-9-5-3-6-10-17/h3-14,21H,2,15-16H2,1H3,(H,25,27)(H2,24,26,29,30)/b14-13+/t21-/m0/s1. The number of amides is 4. The number of hydrogen-bond donors (Lipinski definition) is 3. The Balaban J connectivity index is 1.88. The molecule has 0 aliphatic rings. The van der Waals surface area contributed by atoms with Gasteiger partial charge in [0.2, 0.25) is 12.0 Å². The molecule has 31 heavy (non-hydrogen) atoms. The van der Waals surface area contributed by atoms with E-state index in [9.17, 15) is 19.2 Å². The number of carbonyl (C=O) groups is 4. The van der Waals surface area contributed by atoms with Gasteiger partial charge in [-0.3, -0.25) is 19.7 Å². The van der Waals surface area contributed by atoms with Crippen molar-refractivity contribution in [2.24, 2.45) is 0 Å². The van der Waals surface area contributed by atoms with Crippen LogP contribution in [0.5, 0.6) is 0 Å². The lowest BCUT2D eigenvalue weighted by atomic mass is 10.1. The third-order valence-corrected chi connectivity index (χ3v) is 4.02. The van der Waals surface area contributed by atoms with E-state index < -0.39 is 24.0 Å². The maximum atomic E-state index is 12.4. The van der Waals surface area contributed by atoms with Crippen LogP contribution in [0.4, 0.5) is 4.79 Å². The van der Waals surface area contributed by atoms with E-state index in [1.807, 2.05) is 30.3 Å². The third-order valence-electron chi connectivity index (χ3n) is 4.02. The Morgan fingerprint density at radius 2 is 1.58 bits per heavy atom. The second kappa shape index (κ2) is 12.6. The van der Waals surface area contributed by atoms with E-state index in [2.05, 4.69) is 16.0 Å². The summed E-state index contributed by atoms with van der Waals surface area (Å²) in [5, 5.41) is 7.17. The maximum Gasteiger partial charge on any atom is 0.321 e. The van der Waals surface area contributed by atoms with Gasteiger partial charge in [-0.1, -0.05) is 60.7 Å². The zero-order valence-corrected chi connectivity index (χ0v) is 17.2. The molecule has 8 heteroatoms. The third kappa shape index (κ3) is 8.53. The van der Waals surface area contributed by atoms with E-state index in [0.29, 0.717) is 12.1 Å². The van der Waals surface area contributed by atoms with Gasteiger partial charge in [-0.2, -0.15) is 0 Å². The number of carbonyl (C=O) groups excluding carboxylic acids is 4. The van der Waals surface area contributed by atoms with Gasteiger partial charge in [0.15, 0.2) is 0 Å². The molecule has 2 aromatic rings. The Labute approximate surface area is 180 Å². The fraction of sp³-hybridized carbons (Fsp3) is 0.217. The van der Waals surface area contributed by atoms with Gasteiger partial charge in [-0.25, -0.2) is 4.79 Å². The molecule has 0 heterocycles. The topological polar surface area (TPSA) is 114 Å². The monoisotopic (exact) mass is 423 g/mol. The van der Waals surface area contributed by atoms with Crippen LogP contribution in [0.2, 0.25) is 0 Å². The first-order valence-electron chi connectivity index (χ1n) is 9.83. The minimum Gasteiger partial charge on any atom is -0.447 e. The molecule has 0 bridgehead atoms. The molecule has 0 unspecified atom stereocenters. The normalized spacial score (nSPS) is 11.4. The minimum absolute atomic E-state index is 0.0379. The van der Waals surface area contributed by atoms with Crippen molar-refractivity contribution in [3.05, 3.63) is 77.9 Å². The van der Waals surface area contributed by atoms with Crippen LogP contribution >= 0.6 is 0 Å². The molecule has 0 aliphatic carbocycles. The summed E-state index contributed by atoms with van der Waals surface area (Å²) in [6.07, 6.45) is 1.60. The van der Waals surface area contributed by atoms with Crippen LogP contribution in [0.15, 0.2) is 66.7 Å². The van der Waals surface area contributed by atoms with Crippen LogP contribution in [0, 0.1) is 0 Å². The van der Waals surface area contributed by atoms with Crippen LogP contribution in [0.3, 0.4) is 0 Å². The number of nitrogens with one attached hydrogen (secondary N) is 3. The van der Waals surface area contributed by atoms with Gasteiger partial charge in [-0.15, -0.1) is 0 Å². The first-order chi connectivity index (χ1) is 15.0. The number of imide groups is 1. The van der Waals surface area contributed by atoms with Crippen LogP contribution < -0.4 is 16.0 Å². The van der Waals surface area contributed by atoms with E-state index in [4.69, 9.17) is 4.74 Å². The molecule has 0 spiro atoms. The highest BCUT2D eigenvalue weighted by atomic mass is 16.5. The number of hydrogen-bond acceptors (Lipinski definition) is 5. The van der Waals surface area contributed by atoms with Gasteiger partial charge in [-0.05, 0) is 18.6 Å². The van der Waals surface area contributed by atoms with E-state index in [1.165, 1.54) is 6.08 Å². The average Bonchev–Trinajstić information content (AvgIpc) is 2.77. The fourth-order valence-electron chi connectivity index (χ4n) is 2.56. The lowest BCUT2D eigenvalue weighted by Crippen LogP contribution is -2.42. The van der Waals surface area contributed by atoms with E-state index >= 15 is 0 Å². The lowest BCUT2D eigenvalue weighted by Gasteiger charge is -2.17. The summed E-state index contributed by atoms with van der Waals surface area (Å²) in [4.78, 5) is 48.2. The SMILES string of the molecule is CCNC(=O)NC(=O)[C@@H](OC(=O)CCNC(=O)/C=C/c1ccccc1)c1ccccc1. The summed E-state index contributed by atoms with van der Waals surface area (Å²) in [6, 6.07) is 17.0. The molecule has 162 valence electrons. The summed E-state index contributed by atoms with van der Waals surface area (Å²) < 4.78 is 5.29. The predicted octanol–water partition coefficient (Wildman–Crippen LogP) is 2.34. The molecule has 0 fully saturated rings. The Morgan fingerprint density at radius 1 is 0.935 bits per heavy atom. The Morgan fingerprint density at radius 3 is 2.23 bits per heavy atom. The molecule has 0 saturated carbocycles. The van der Waals surface area contributed by atoms with Crippen molar-refractivity contribution in [2.75, 3.05) is 13.1 Å². The molecule has 8 nitrogen and oxygen atoms in total. The molecular formula is C23H25N3O5. The molecule has 2 aromatic carbocycles. The fourth-order valence-corrected chi connectivity index (χ4v) is 2.56. The highest BCUT2D eigenvalue weighted by molar-refractivity contribution is 5.97. The van der Waals surface area contributed by atoms with Crippen LogP contribution in [-0.4, -0.2) is 36.9 Å². The summed E-state index contributed by atoms with van der Waals surface area (Å²) >= 11 is 0. The van der Waals surface area contributed by atoms with Crippen molar-refractivity contribution >= 4 is 29.9 Å². The molecule has 0 saturated heterocycles. The molecule has 0 radical (unpaired) electrons. The largest absolute Gasteiger partial charge is 0.447 e.